The summed E-state index contributed by atoms with van der Waals surface area (Å²) in [6.45, 7) is 3.22. The number of hydrogen-bond acceptors (Lipinski definition) is 5. The van der Waals surface area contributed by atoms with E-state index < -0.39 is 0 Å². The van der Waals surface area contributed by atoms with E-state index in [9.17, 15) is 4.79 Å². The van der Waals surface area contributed by atoms with E-state index in [2.05, 4.69) is 15.3 Å². The van der Waals surface area contributed by atoms with Gasteiger partial charge in [0.2, 0.25) is 0 Å². The van der Waals surface area contributed by atoms with Gasteiger partial charge in [-0.2, -0.15) is 0 Å². The van der Waals surface area contributed by atoms with E-state index in [1.807, 2.05) is 17.8 Å². The number of aryl methyl sites for hydroxylation is 2. The highest BCUT2D eigenvalue weighted by molar-refractivity contribution is 5.97. The summed E-state index contributed by atoms with van der Waals surface area (Å²) in [7, 11) is 1.95. The van der Waals surface area contributed by atoms with E-state index in [0.29, 0.717) is 41.7 Å². The Morgan fingerprint density at radius 1 is 1.35 bits per heavy atom. The third kappa shape index (κ3) is 3.22. The summed E-state index contributed by atoms with van der Waals surface area (Å²) in [4.78, 5) is 21.7. The summed E-state index contributed by atoms with van der Waals surface area (Å²) in [6, 6.07) is 5.16. The van der Waals surface area contributed by atoms with Crippen LogP contribution in [0, 0.1) is 12.8 Å². The summed E-state index contributed by atoms with van der Waals surface area (Å²) in [5, 5.41) is 3.18. The van der Waals surface area contributed by atoms with Crippen LogP contribution in [0.3, 0.4) is 0 Å². The molecule has 1 amide bonds. The van der Waals surface area contributed by atoms with Crippen LogP contribution in [0.5, 0.6) is 0 Å². The SMILES string of the molecule is Cc1nc2cc(C(=O)N[C@H](c3nccn3C)C3CCOCC3)ccc2o1. The average Bonchev–Trinajstić information content (AvgIpc) is 3.24. The minimum absolute atomic E-state index is 0.132. The number of amides is 1. The van der Waals surface area contributed by atoms with Crippen molar-refractivity contribution in [2.45, 2.75) is 25.8 Å². The number of carbonyl (C=O) groups excluding carboxylic acids is 1. The molecule has 7 nitrogen and oxygen atoms in total. The summed E-state index contributed by atoms with van der Waals surface area (Å²) >= 11 is 0. The van der Waals surface area contributed by atoms with Gasteiger partial charge in [0.15, 0.2) is 11.5 Å². The molecule has 4 rings (SSSR count). The second-order valence-corrected chi connectivity index (χ2v) is 6.71. The molecule has 1 fully saturated rings. The molecule has 0 unspecified atom stereocenters. The first kappa shape index (κ1) is 16.8. The van der Waals surface area contributed by atoms with E-state index in [1.54, 1.807) is 31.3 Å². The van der Waals surface area contributed by atoms with Gasteiger partial charge in [0.05, 0.1) is 6.04 Å². The molecule has 26 heavy (non-hydrogen) atoms. The van der Waals surface area contributed by atoms with Gasteiger partial charge in [-0.05, 0) is 37.0 Å². The van der Waals surface area contributed by atoms with Gasteiger partial charge in [-0.15, -0.1) is 0 Å². The summed E-state index contributed by atoms with van der Waals surface area (Å²) < 4.78 is 12.9. The van der Waals surface area contributed by atoms with Gasteiger partial charge in [0, 0.05) is 45.1 Å². The first-order valence-corrected chi connectivity index (χ1v) is 8.85. The lowest BCUT2D eigenvalue weighted by molar-refractivity contribution is 0.0499. The van der Waals surface area contributed by atoms with Gasteiger partial charge in [0.1, 0.15) is 11.3 Å². The van der Waals surface area contributed by atoms with Crippen molar-refractivity contribution in [1.82, 2.24) is 19.9 Å². The first-order valence-electron chi connectivity index (χ1n) is 8.85. The van der Waals surface area contributed by atoms with E-state index in [0.717, 1.165) is 18.7 Å². The Morgan fingerprint density at radius 3 is 2.88 bits per heavy atom. The molecule has 136 valence electrons. The Kier molecular flexibility index (Phi) is 4.46. The monoisotopic (exact) mass is 354 g/mol. The second kappa shape index (κ2) is 6.92. The van der Waals surface area contributed by atoms with E-state index in [-0.39, 0.29) is 11.9 Å². The highest BCUT2D eigenvalue weighted by atomic mass is 16.5. The lowest BCUT2D eigenvalue weighted by Crippen LogP contribution is -2.37. The molecule has 1 saturated heterocycles. The summed E-state index contributed by atoms with van der Waals surface area (Å²) in [5.41, 5.74) is 1.94. The molecule has 1 N–H and O–H groups in total. The highest BCUT2D eigenvalue weighted by Crippen LogP contribution is 2.29. The summed E-state index contributed by atoms with van der Waals surface area (Å²) in [5.74, 6) is 1.62. The molecule has 0 aliphatic carbocycles. The number of nitrogens with one attached hydrogen (secondary N) is 1. The Balaban J connectivity index is 1.61. The van der Waals surface area contributed by atoms with Crippen LogP contribution in [0.2, 0.25) is 0 Å². The molecule has 1 aliphatic heterocycles. The fourth-order valence-corrected chi connectivity index (χ4v) is 3.53. The van der Waals surface area contributed by atoms with E-state index in [4.69, 9.17) is 9.15 Å². The van der Waals surface area contributed by atoms with E-state index in [1.165, 1.54) is 0 Å². The largest absolute Gasteiger partial charge is 0.441 e. The van der Waals surface area contributed by atoms with Crippen LogP contribution in [-0.2, 0) is 11.8 Å². The highest BCUT2D eigenvalue weighted by Gasteiger charge is 2.30. The molecule has 3 aromatic rings. The lowest BCUT2D eigenvalue weighted by atomic mass is 9.90. The molecule has 1 aromatic carbocycles. The van der Waals surface area contributed by atoms with Crippen LogP contribution in [-0.4, -0.2) is 33.7 Å². The third-order valence-corrected chi connectivity index (χ3v) is 4.92. The number of oxazole rings is 1. The predicted octanol–water partition coefficient (Wildman–Crippen LogP) is 2.77. The molecule has 1 atom stereocenters. The van der Waals surface area contributed by atoms with Gasteiger partial charge >= 0.3 is 0 Å². The van der Waals surface area contributed by atoms with Crippen molar-refractivity contribution in [2.75, 3.05) is 13.2 Å². The third-order valence-electron chi connectivity index (χ3n) is 4.92. The fourth-order valence-electron chi connectivity index (χ4n) is 3.53. The maximum atomic E-state index is 12.9. The molecular weight excluding hydrogens is 332 g/mol. The zero-order valence-corrected chi connectivity index (χ0v) is 14.9. The molecule has 2 aromatic heterocycles. The smallest absolute Gasteiger partial charge is 0.251 e. The van der Waals surface area contributed by atoms with Crippen LogP contribution in [0.1, 0.15) is 41.0 Å². The van der Waals surface area contributed by atoms with Crippen LogP contribution < -0.4 is 5.32 Å². The van der Waals surface area contributed by atoms with Gasteiger partial charge in [-0.3, -0.25) is 4.79 Å². The zero-order valence-electron chi connectivity index (χ0n) is 14.9. The Labute approximate surface area is 151 Å². The van der Waals surface area contributed by atoms with Crippen molar-refractivity contribution in [2.24, 2.45) is 13.0 Å². The quantitative estimate of drug-likeness (QED) is 0.779. The number of carbonyl (C=O) groups is 1. The Morgan fingerprint density at radius 2 is 2.15 bits per heavy atom. The van der Waals surface area contributed by atoms with Crippen molar-refractivity contribution in [3.63, 3.8) is 0 Å². The van der Waals surface area contributed by atoms with Gasteiger partial charge in [0.25, 0.3) is 5.91 Å². The number of aromatic nitrogens is 3. The Bertz CT molecular complexity index is 924. The standard InChI is InChI=1S/C19H22N4O3/c1-12-21-15-11-14(3-4-16(15)26-12)19(24)22-17(13-5-9-25-10-6-13)18-20-7-8-23(18)2/h3-4,7-8,11,13,17H,5-6,9-10H2,1-2H3,(H,22,24)/t17-/m0/s1. The van der Waals surface area contributed by atoms with E-state index >= 15 is 0 Å². The number of nitrogens with zero attached hydrogens (tertiary/aromatic N) is 3. The number of ether oxygens (including phenoxy) is 1. The second-order valence-electron chi connectivity index (χ2n) is 6.71. The molecule has 1 aliphatic rings. The topological polar surface area (TPSA) is 82.2 Å². The number of benzene rings is 1. The van der Waals surface area contributed by atoms with Crippen LogP contribution >= 0.6 is 0 Å². The van der Waals surface area contributed by atoms with Crippen LogP contribution in [0.4, 0.5) is 0 Å². The molecule has 7 heteroatoms. The number of hydrogen-bond donors (Lipinski definition) is 1. The minimum Gasteiger partial charge on any atom is -0.441 e. The van der Waals surface area contributed by atoms with Crippen LogP contribution in [0.15, 0.2) is 35.0 Å². The molecule has 0 bridgehead atoms. The molecule has 0 spiro atoms. The van der Waals surface area contributed by atoms with Crippen molar-refractivity contribution in [3.8, 4) is 0 Å². The van der Waals surface area contributed by atoms with Crippen molar-refractivity contribution < 1.29 is 13.9 Å². The van der Waals surface area contributed by atoms with Crippen molar-refractivity contribution in [1.29, 1.82) is 0 Å². The predicted molar refractivity (Wildman–Crippen MR) is 95.7 cm³/mol. The minimum atomic E-state index is -0.152. The maximum Gasteiger partial charge on any atom is 0.251 e. The normalized spacial score (nSPS) is 16.7. The average molecular weight is 354 g/mol. The Hall–Kier alpha value is -2.67. The fraction of sp³-hybridized carbons (Fsp3) is 0.421. The van der Waals surface area contributed by atoms with Crippen LogP contribution in [0.25, 0.3) is 11.1 Å². The van der Waals surface area contributed by atoms with Gasteiger partial charge in [-0.1, -0.05) is 0 Å². The molecular formula is C19H22N4O3. The van der Waals surface area contributed by atoms with Gasteiger partial charge < -0.3 is 19.0 Å². The number of imidazole rings is 1. The maximum absolute atomic E-state index is 12.9. The molecule has 0 saturated carbocycles. The summed E-state index contributed by atoms with van der Waals surface area (Å²) in [6.07, 6.45) is 5.47. The zero-order chi connectivity index (χ0) is 18.1. The van der Waals surface area contributed by atoms with Crippen molar-refractivity contribution >= 4 is 17.0 Å². The van der Waals surface area contributed by atoms with Crippen molar-refractivity contribution in [3.05, 3.63) is 47.9 Å². The number of rotatable bonds is 4. The molecule has 3 heterocycles. The number of fused-ring (bicyclic) bond motifs is 1. The first-order chi connectivity index (χ1) is 12.6. The molecule has 0 radical (unpaired) electrons. The lowest BCUT2D eigenvalue weighted by Gasteiger charge is -2.30. The van der Waals surface area contributed by atoms with Gasteiger partial charge in [-0.25, -0.2) is 9.97 Å².